The van der Waals surface area contributed by atoms with Crippen LogP contribution in [-0.4, -0.2) is 33.7 Å². The molecule has 2 aliphatic rings. The summed E-state index contributed by atoms with van der Waals surface area (Å²) in [6, 6.07) is 18.6. The van der Waals surface area contributed by atoms with Crippen LogP contribution in [0, 0.1) is 6.92 Å². The van der Waals surface area contributed by atoms with Gasteiger partial charge in [0.2, 0.25) is 0 Å². The Morgan fingerprint density at radius 3 is 2.74 bits per heavy atom. The van der Waals surface area contributed by atoms with Crippen molar-refractivity contribution in [3.63, 3.8) is 0 Å². The molecular formula is C19H21N2OS+. The fraction of sp³-hybridized carbons (Fsp3) is 0.316. The largest absolute Gasteiger partial charge is 0.346 e. The van der Waals surface area contributed by atoms with Crippen LogP contribution in [0.25, 0.3) is 0 Å². The molecular weight excluding hydrogens is 304 g/mol. The maximum atomic E-state index is 11.5. The lowest BCUT2D eigenvalue weighted by atomic mass is 10.0. The SMILES string of the molecule is Cc1cccc(N2CC(O)(c3ccccc3)[N+]3=C2SCCC3)c1. The highest BCUT2D eigenvalue weighted by atomic mass is 32.2. The predicted octanol–water partition coefficient (Wildman–Crippen LogP) is 3.17. The first kappa shape index (κ1) is 14.8. The number of hydrogen-bond acceptors (Lipinski definition) is 3. The molecule has 118 valence electrons. The molecule has 0 aliphatic carbocycles. The molecule has 0 fully saturated rings. The smallest absolute Gasteiger partial charge is 0.316 e. The van der Waals surface area contributed by atoms with Crippen LogP contribution in [0.4, 0.5) is 5.69 Å². The number of aliphatic hydroxyl groups is 1. The Morgan fingerprint density at radius 2 is 1.96 bits per heavy atom. The average Bonchev–Trinajstić information content (AvgIpc) is 2.91. The van der Waals surface area contributed by atoms with Crippen molar-refractivity contribution in [3.8, 4) is 0 Å². The van der Waals surface area contributed by atoms with E-state index in [0.717, 1.165) is 30.0 Å². The van der Waals surface area contributed by atoms with Gasteiger partial charge in [-0.15, -0.1) is 0 Å². The molecule has 0 spiro atoms. The number of rotatable bonds is 2. The van der Waals surface area contributed by atoms with Gasteiger partial charge in [0, 0.05) is 11.3 Å². The Bertz CT molecular complexity index is 759. The van der Waals surface area contributed by atoms with Crippen molar-refractivity contribution >= 4 is 22.6 Å². The van der Waals surface area contributed by atoms with Crippen molar-refractivity contribution in [3.05, 3.63) is 65.7 Å². The highest BCUT2D eigenvalue weighted by Crippen LogP contribution is 2.37. The summed E-state index contributed by atoms with van der Waals surface area (Å²) in [6.07, 6.45) is 1.10. The van der Waals surface area contributed by atoms with Gasteiger partial charge in [-0.2, -0.15) is 0 Å². The lowest BCUT2D eigenvalue weighted by Gasteiger charge is -2.24. The van der Waals surface area contributed by atoms with E-state index in [1.54, 1.807) is 0 Å². The Labute approximate surface area is 141 Å². The van der Waals surface area contributed by atoms with Gasteiger partial charge in [-0.3, -0.25) is 0 Å². The molecule has 1 N–H and O–H groups in total. The number of nitrogens with zero attached hydrogens (tertiary/aromatic N) is 2. The number of hydrogen-bond donors (Lipinski definition) is 1. The van der Waals surface area contributed by atoms with Gasteiger partial charge >= 0.3 is 5.17 Å². The van der Waals surface area contributed by atoms with Crippen LogP contribution in [0.2, 0.25) is 0 Å². The zero-order valence-corrected chi connectivity index (χ0v) is 14.1. The minimum absolute atomic E-state index is 0.572. The van der Waals surface area contributed by atoms with Crippen LogP contribution < -0.4 is 4.90 Å². The van der Waals surface area contributed by atoms with Gasteiger partial charge in [-0.1, -0.05) is 42.5 Å². The molecule has 23 heavy (non-hydrogen) atoms. The second kappa shape index (κ2) is 5.69. The van der Waals surface area contributed by atoms with Gasteiger partial charge in [0.25, 0.3) is 5.72 Å². The Hall–Kier alpha value is -1.78. The fourth-order valence-electron chi connectivity index (χ4n) is 3.45. The van der Waals surface area contributed by atoms with E-state index >= 15 is 0 Å². The Balaban J connectivity index is 1.81. The van der Waals surface area contributed by atoms with Gasteiger partial charge in [0.15, 0.2) is 6.54 Å². The Kier molecular flexibility index (Phi) is 3.66. The van der Waals surface area contributed by atoms with E-state index in [9.17, 15) is 5.11 Å². The predicted molar refractivity (Wildman–Crippen MR) is 96.1 cm³/mol. The van der Waals surface area contributed by atoms with Crippen LogP contribution >= 0.6 is 11.8 Å². The minimum atomic E-state index is -0.951. The molecule has 2 aliphatic heterocycles. The zero-order chi connectivity index (χ0) is 15.9. The first-order valence-electron chi connectivity index (χ1n) is 8.08. The first-order valence-corrected chi connectivity index (χ1v) is 9.06. The first-order chi connectivity index (χ1) is 11.2. The molecule has 1 atom stereocenters. The summed E-state index contributed by atoms with van der Waals surface area (Å²) in [4.78, 5) is 2.27. The summed E-state index contributed by atoms with van der Waals surface area (Å²) in [6.45, 7) is 3.58. The second-order valence-electron chi connectivity index (χ2n) is 6.24. The lowest BCUT2D eigenvalue weighted by molar-refractivity contribution is -0.656. The Morgan fingerprint density at radius 1 is 1.13 bits per heavy atom. The topological polar surface area (TPSA) is 26.5 Å². The molecule has 3 nitrogen and oxygen atoms in total. The monoisotopic (exact) mass is 325 g/mol. The standard InChI is InChI=1S/C19H21N2OS/c1-15-7-5-10-17(13-15)20-14-19(22,16-8-3-2-4-9-16)21-11-6-12-23-18(20)21/h2-5,7-10,13,22H,6,11-12,14H2,1H3/q+1. The van der Waals surface area contributed by atoms with Crippen molar-refractivity contribution in [1.82, 2.24) is 0 Å². The second-order valence-corrected chi connectivity index (χ2v) is 7.31. The molecule has 0 amide bonds. The third-order valence-electron chi connectivity index (χ3n) is 4.59. The molecule has 2 heterocycles. The van der Waals surface area contributed by atoms with E-state index in [-0.39, 0.29) is 0 Å². The third kappa shape index (κ3) is 2.46. The molecule has 4 rings (SSSR count). The molecule has 0 radical (unpaired) electrons. The van der Waals surface area contributed by atoms with E-state index in [0.29, 0.717) is 6.54 Å². The van der Waals surface area contributed by atoms with Crippen molar-refractivity contribution in [1.29, 1.82) is 0 Å². The van der Waals surface area contributed by atoms with Gasteiger partial charge in [0.05, 0.1) is 6.54 Å². The molecule has 0 saturated carbocycles. The summed E-state index contributed by atoms with van der Waals surface area (Å²) in [7, 11) is 0. The lowest BCUT2D eigenvalue weighted by Crippen LogP contribution is -2.41. The molecule has 4 heteroatoms. The highest BCUT2D eigenvalue weighted by molar-refractivity contribution is 8.13. The number of benzene rings is 2. The third-order valence-corrected chi connectivity index (χ3v) is 5.79. The zero-order valence-electron chi connectivity index (χ0n) is 13.3. The average molecular weight is 325 g/mol. The van der Waals surface area contributed by atoms with Crippen LogP contribution in [0.5, 0.6) is 0 Å². The number of aryl methyl sites for hydroxylation is 1. The van der Waals surface area contributed by atoms with Crippen LogP contribution in [0.3, 0.4) is 0 Å². The fourth-order valence-corrected chi connectivity index (χ4v) is 4.63. The van der Waals surface area contributed by atoms with E-state index in [1.165, 1.54) is 10.7 Å². The summed E-state index contributed by atoms with van der Waals surface area (Å²) in [5, 5.41) is 12.7. The molecule has 0 saturated heterocycles. The van der Waals surface area contributed by atoms with Gasteiger partial charge in [-0.25, -0.2) is 9.48 Å². The molecule has 1 unspecified atom stereocenters. The number of β-amino-alcohol motifs (C(OH)–C–C–N with tert-alkyl or cyclic N) is 1. The molecule has 2 aromatic rings. The molecule has 0 bridgehead atoms. The van der Waals surface area contributed by atoms with Gasteiger partial charge < -0.3 is 5.11 Å². The van der Waals surface area contributed by atoms with E-state index in [4.69, 9.17) is 0 Å². The number of amidine groups is 1. The highest BCUT2D eigenvalue weighted by Gasteiger charge is 2.53. The molecule has 0 aromatic heterocycles. The van der Waals surface area contributed by atoms with Crippen LogP contribution in [0.15, 0.2) is 54.6 Å². The van der Waals surface area contributed by atoms with E-state index in [2.05, 4.69) is 40.7 Å². The quantitative estimate of drug-likeness (QED) is 0.859. The van der Waals surface area contributed by atoms with Crippen molar-refractivity contribution in [2.75, 3.05) is 23.7 Å². The minimum Gasteiger partial charge on any atom is -0.346 e. The summed E-state index contributed by atoms with van der Waals surface area (Å²) >= 11 is 1.85. The van der Waals surface area contributed by atoms with E-state index in [1.807, 2.05) is 42.1 Å². The summed E-state index contributed by atoms with van der Waals surface area (Å²) in [5.74, 6) is 1.11. The van der Waals surface area contributed by atoms with E-state index < -0.39 is 5.72 Å². The summed E-state index contributed by atoms with van der Waals surface area (Å²) < 4.78 is 2.18. The van der Waals surface area contributed by atoms with Crippen LogP contribution in [0.1, 0.15) is 17.5 Å². The van der Waals surface area contributed by atoms with Crippen molar-refractivity contribution < 1.29 is 9.68 Å². The number of anilines is 1. The van der Waals surface area contributed by atoms with Crippen molar-refractivity contribution in [2.45, 2.75) is 19.1 Å². The summed E-state index contributed by atoms with van der Waals surface area (Å²) in [5.41, 5.74) is 2.42. The molecule has 2 aromatic carbocycles. The maximum absolute atomic E-state index is 11.5. The maximum Gasteiger partial charge on any atom is 0.316 e. The van der Waals surface area contributed by atoms with Crippen LogP contribution in [-0.2, 0) is 5.72 Å². The normalized spacial score (nSPS) is 24.0. The van der Waals surface area contributed by atoms with Gasteiger partial charge in [-0.05, 0) is 42.8 Å². The van der Waals surface area contributed by atoms with Gasteiger partial charge in [0.1, 0.15) is 5.69 Å². The number of thioether (sulfide) groups is 1. The van der Waals surface area contributed by atoms with Crippen molar-refractivity contribution in [2.24, 2.45) is 0 Å².